The third-order valence-corrected chi connectivity index (χ3v) is 5.06. The van der Waals surface area contributed by atoms with Gasteiger partial charge in [-0.25, -0.2) is 13.1 Å². The summed E-state index contributed by atoms with van der Waals surface area (Å²) < 4.78 is 27.1. The maximum atomic E-state index is 12.1. The summed E-state index contributed by atoms with van der Waals surface area (Å²) in [6.45, 7) is 6.77. The van der Waals surface area contributed by atoms with Crippen LogP contribution in [0, 0.1) is 6.92 Å². The number of aromatic nitrogens is 2. The van der Waals surface area contributed by atoms with Crippen LogP contribution >= 0.6 is 0 Å². The lowest BCUT2D eigenvalue weighted by atomic mass is 10.1. The molecule has 0 unspecified atom stereocenters. The molecule has 0 aliphatic carbocycles. The van der Waals surface area contributed by atoms with Crippen LogP contribution in [0.15, 0.2) is 11.1 Å². The van der Waals surface area contributed by atoms with E-state index in [4.69, 9.17) is 0 Å². The summed E-state index contributed by atoms with van der Waals surface area (Å²) in [7, 11) is -3.43. The molecule has 6 nitrogen and oxygen atoms in total. The first-order chi connectivity index (χ1) is 8.53. The van der Waals surface area contributed by atoms with Crippen molar-refractivity contribution in [2.75, 3.05) is 19.6 Å². The van der Waals surface area contributed by atoms with Gasteiger partial charge >= 0.3 is 0 Å². The number of piperidine rings is 1. The first-order valence-corrected chi connectivity index (χ1v) is 7.76. The van der Waals surface area contributed by atoms with Crippen LogP contribution in [0.2, 0.25) is 0 Å². The van der Waals surface area contributed by atoms with Crippen molar-refractivity contribution in [2.24, 2.45) is 0 Å². The van der Waals surface area contributed by atoms with Gasteiger partial charge < -0.3 is 4.90 Å². The van der Waals surface area contributed by atoms with Gasteiger partial charge in [0.15, 0.2) is 0 Å². The fraction of sp³-hybridized carbons (Fsp3) is 0.727. The molecule has 1 fully saturated rings. The van der Waals surface area contributed by atoms with Gasteiger partial charge in [0.1, 0.15) is 4.90 Å². The van der Waals surface area contributed by atoms with E-state index in [0.717, 1.165) is 32.5 Å². The number of nitrogens with one attached hydrogen (secondary N) is 2. The highest BCUT2D eigenvalue weighted by Gasteiger charge is 2.25. The molecular weight excluding hydrogens is 252 g/mol. The molecule has 0 amide bonds. The van der Waals surface area contributed by atoms with Crippen LogP contribution in [0.4, 0.5) is 0 Å². The topological polar surface area (TPSA) is 78.1 Å². The van der Waals surface area contributed by atoms with Crippen molar-refractivity contribution >= 4 is 10.0 Å². The predicted octanol–water partition coefficient (Wildman–Crippen LogP) is 0.481. The number of hydrogen-bond donors (Lipinski definition) is 2. The van der Waals surface area contributed by atoms with Gasteiger partial charge in [0, 0.05) is 6.04 Å². The second-order valence-electron chi connectivity index (χ2n) is 4.69. The number of aryl methyl sites for hydroxylation is 1. The molecule has 0 spiro atoms. The Balaban J connectivity index is 2.00. The standard InChI is InChI=1S/C11H20N4O2S/c1-3-15-6-4-10(5-7-15)14-18(16,17)11-8-12-13-9(11)2/h8,10,14H,3-7H2,1-2H3,(H,12,13). The van der Waals surface area contributed by atoms with Crippen LogP contribution in [-0.4, -0.2) is 49.2 Å². The zero-order valence-electron chi connectivity index (χ0n) is 10.8. The average molecular weight is 272 g/mol. The first kappa shape index (κ1) is 13.5. The predicted molar refractivity (Wildman–Crippen MR) is 68.8 cm³/mol. The summed E-state index contributed by atoms with van der Waals surface area (Å²) in [4.78, 5) is 2.58. The highest BCUT2D eigenvalue weighted by molar-refractivity contribution is 7.89. The van der Waals surface area contributed by atoms with Crippen LogP contribution in [0.5, 0.6) is 0 Å². The maximum absolute atomic E-state index is 12.1. The second kappa shape index (κ2) is 5.38. The van der Waals surface area contributed by atoms with Gasteiger partial charge in [-0.2, -0.15) is 5.10 Å². The van der Waals surface area contributed by atoms with Crippen LogP contribution < -0.4 is 4.72 Å². The van der Waals surface area contributed by atoms with Crippen LogP contribution in [0.3, 0.4) is 0 Å². The van der Waals surface area contributed by atoms with Crippen LogP contribution in [0.1, 0.15) is 25.5 Å². The Kier molecular flexibility index (Phi) is 4.04. The van der Waals surface area contributed by atoms with E-state index in [1.807, 2.05) is 0 Å². The minimum Gasteiger partial charge on any atom is -0.303 e. The molecule has 2 heterocycles. The fourth-order valence-corrected chi connectivity index (χ4v) is 3.70. The lowest BCUT2D eigenvalue weighted by Crippen LogP contribution is -2.44. The van der Waals surface area contributed by atoms with E-state index in [1.165, 1.54) is 6.20 Å². The van der Waals surface area contributed by atoms with E-state index in [0.29, 0.717) is 5.69 Å². The van der Waals surface area contributed by atoms with Gasteiger partial charge in [0.25, 0.3) is 0 Å². The van der Waals surface area contributed by atoms with Gasteiger partial charge in [-0.15, -0.1) is 0 Å². The Morgan fingerprint density at radius 1 is 1.50 bits per heavy atom. The van der Waals surface area contributed by atoms with Crippen molar-refractivity contribution in [1.82, 2.24) is 19.8 Å². The zero-order chi connectivity index (χ0) is 13.2. The van der Waals surface area contributed by atoms with E-state index in [-0.39, 0.29) is 10.9 Å². The summed E-state index contributed by atoms with van der Waals surface area (Å²) in [6, 6.07) is 0.0344. The van der Waals surface area contributed by atoms with Crippen molar-refractivity contribution in [3.63, 3.8) is 0 Å². The van der Waals surface area contributed by atoms with Crippen molar-refractivity contribution < 1.29 is 8.42 Å². The zero-order valence-corrected chi connectivity index (χ0v) is 11.6. The molecule has 1 aliphatic heterocycles. The molecule has 1 aromatic rings. The fourth-order valence-electron chi connectivity index (χ4n) is 2.26. The Hall–Kier alpha value is -0.920. The van der Waals surface area contributed by atoms with Crippen LogP contribution in [-0.2, 0) is 10.0 Å². The summed E-state index contributed by atoms with van der Waals surface area (Å²) in [6.07, 6.45) is 3.09. The number of aromatic amines is 1. The number of likely N-dealkylation sites (tertiary alicyclic amines) is 1. The van der Waals surface area contributed by atoms with Gasteiger partial charge in [0.05, 0.1) is 11.9 Å². The number of nitrogens with zero attached hydrogens (tertiary/aromatic N) is 2. The van der Waals surface area contributed by atoms with E-state index in [9.17, 15) is 8.42 Å². The molecule has 0 bridgehead atoms. The lowest BCUT2D eigenvalue weighted by molar-refractivity contribution is 0.217. The SMILES string of the molecule is CCN1CCC(NS(=O)(=O)c2cn[nH]c2C)CC1. The van der Waals surface area contributed by atoms with Crippen molar-refractivity contribution in [3.8, 4) is 0 Å². The molecule has 0 saturated carbocycles. The first-order valence-electron chi connectivity index (χ1n) is 6.27. The number of H-pyrrole nitrogens is 1. The molecule has 102 valence electrons. The van der Waals surface area contributed by atoms with Crippen molar-refractivity contribution in [2.45, 2.75) is 37.6 Å². The summed E-state index contributed by atoms with van der Waals surface area (Å²) >= 11 is 0. The Morgan fingerprint density at radius 3 is 2.67 bits per heavy atom. The van der Waals surface area contributed by atoms with E-state index < -0.39 is 10.0 Å². The largest absolute Gasteiger partial charge is 0.303 e. The van der Waals surface area contributed by atoms with Gasteiger partial charge in [-0.3, -0.25) is 5.10 Å². The highest BCUT2D eigenvalue weighted by atomic mass is 32.2. The number of sulfonamides is 1. The van der Waals surface area contributed by atoms with Gasteiger partial charge in [0.2, 0.25) is 10.0 Å². The molecule has 2 rings (SSSR count). The van der Waals surface area contributed by atoms with Gasteiger partial charge in [-0.05, 0) is 39.4 Å². The molecule has 1 aliphatic rings. The summed E-state index contributed by atoms with van der Waals surface area (Å²) in [5, 5.41) is 6.40. The molecule has 0 aromatic carbocycles. The van der Waals surface area contributed by atoms with E-state index >= 15 is 0 Å². The third-order valence-electron chi connectivity index (χ3n) is 3.43. The lowest BCUT2D eigenvalue weighted by Gasteiger charge is -2.31. The molecule has 1 aromatic heterocycles. The highest BCUT2D eigenvalue weighted by Crippen LogP contribution is 2.15. The summed E-state index contributed by atoms with van der Waals surface area (Å²) in [5.41, 5.74) is 0.577. The van der Waals surface area contributed by atoms with Crippen LogP contribution in [0.25, 0.3) is 0 Å². The molecular formula is C11H20N4O2S. The minimum absolute atomic E-state index is 0.0344. The van der Waals surface area contributed by atoms with E-state index in [1.54, 1.807) is 6.92 Å². The molecule has 7 heteroatoms. The third kappa shape index (κ3) is 2.90. The van der Waals surface area contributed by atoms with Crippen molar-refractivity contribution in [3.05, 3.63) is 11.9 Å². The molecule has 1 saturated heterocycles. The second-order valence-corrected chi connectivity index (χ2v) is 6.37. The summed E-state index contributed by atoms with van der Waals surface area (Å²) in [5.74, 6) is 0. The molecule has 0 radical (unpaired) electrons. The maximum Gasteiger partial charge on any atom is 0.244 e. The van der Waals surface area contributed by atoms with Crippen molar-refractivity contribution in [1.29, 1.82) is 0 Å². The normalized spacial score (nSPS) is 19.2. The Labute approximate surface area is 108 Å². The minimum atomic E-state index is -3.43. The monoisotopic (exact) mass is 272 g/mol. The number of hydrogen-bond acceptors (Lipinski definition) is 4. The molecule has 0 atom stereocenters. The van der Waals surface area contributed by atoms with E-state index in [2.05, 4.69) is 26.7 Å². The Morgan fingerprint density at radius 2 is 2.17 bits per heavy atom. The Bertz CT molecular complexity index is 489. The molecule has 18 heavy (non-hydrogen) atoms. The quantitative estimate of drug-likeness (QED) is 0.835. The van der Waals surface area contributed by atoms with Gasteiger partial charge in [-0.1, -0.05) is 6.92 Å². The number of rotatable bonds is 4. The smallest absolute Gasteiger partial charge is 0.244 e. The molecule has 2 N–H and O–H groups in total. The average Bonchev–Trinajstić information content (AvgIpc) is 2.77.